The molecule has 0 aliphatic rings. The molecule has 28 heavy (non-hydrogen) atoms. The zero-order chi connectivity index (χ0) is 18.9. The average Bonchev–Trinajstić information content (AvgIpc) is 3.18. The van der Waals surface area contributed by atoms with E-state index in [-0.39, 0.29) is 24.0 Å². The summed E-state index contributed by atoms with van der Waals surface area (Å²) in [5.41, 5.74) is 1.75. The molecular weight excluding hydrogens is 491 g/mol. The van der Waals surface area contributed by atoms with Gasteiger partial charge in [-0.1, -0.05) is 29.8 Å². The van der Waals surface area contributed by atoms with Crippen LogP contribution in [-0.4, -0.2) is 31.1 Å². The van der Waals surface area contributed by atoms with Crippen LogP contribution in [0.3, 0.4) is 0 Å². The maximum Gasteiger partial charge on any atom is 0.226 e. The normalized spacial score (nSPS) is 10.9. The molecule has 0 radical (unpaired) electrons. The number of rotatable bonds is 7. The highest BCUT2D eigenvalue weighted by Crippen LogP contribution is 2.17. The number of hydrogen-bond acceptors (Lipinski definition) is 4. The van der Waals surface area contributed by atoms with Crippen molar-refractivity contribution >= 4 is 41.5 Å². The standard InChI is InChI=1S/C20H21ClN4O2.HI/c1-22-20(23-11-12-26-18-9-7-16(21)8-10-18)24-13-17-14-27-19(25-17)15-5-3-2-4-6-15;/h2-10,14H,11-13H2,1H3,(H2,22,23,24);1H. The van der Waals surface area contributed by atoms with Crippen molar-refractivity contribution in [2.24, 2.45) is 4.99 Å². The van der Waals surface area contributed by atoms with Crippen molar-refractivity contribution in [1.29, 1.82) is 0 Å². The van der Waals surface area contributed by atoms with Crippen molar-refractivity contribution in [3.05, 3.63) is 71.6 Å². The third-order valence-electron chi connectivity index (χ3n) is 3.71. The predicted octanol–water partition coefficient (Wildman–Crippen LogP) is 4.36. The Morgan fingerprint density at radius 3 is 2.57 bits per heavy atom. The second-order valence-corrected chi connectivity index (χ2v) is 6.10. The summed E-state index contributed by atoms with van der Waals surface area (Å²) >= 11 is 5.85. The van der Waals surface area contributed by atoms with Crippen molar-refractivity contribution in [2.75, 3.05) is 20.2 Å². The molecule has 0 saturated carbocycles. The quantitative estimate of drug-likeness (QED) is 0.213. The van der Waals surface area contributed by atoms with Gasteiger partial charge in [0.1, 0.15) is 18.6 Å². The first kappa shape index (κ1) is 22.0. The van der Waals surface area contributed by atoms with Crippen LogP contribution in [0, 0.1) is 0 Å². The van der Waals surface area contributed by atoms with E-state index < -0.39 is 0 Å². The number of aromatic nitrogens is 1. The summed E-state index contributed by atoms with van der Waals surface area (Å²) in [6.07, 6.45) is 1.65. The second-order valence-electron chi connectivity index (χ2n) is 5.66. The monoisotopic (exact) mass is 512 g/mol. The summed E-state index contributed by atoms with van der Waals surface area (Å²) in [5.74, 6) is 2.05. The smallest absolute Gasteiger partial charge is 0.226 e. The van der Waals surface area contributed by atoms with Crippen LogP contribution in [0.15, 0.2) is 70.3 Å². The number of nitrogens with one attached hydrogen (secondary N) is 2. The third kappa shape index (κ3) is 6.72. The van der Waals surface area contributed by atoms with Gasteiger partial charge in [-0.15, -0.1) is 24.0 Å². The van der Waals surface area contributed by atoms with E-state index in [0.29, 0.717) is 36.6 Å². The van der Waals surface area contributed by atoms with Crippen LogP contribution in [-0.2, 0) is 6.54 Å². The van der Waals surface area contributed by atoms with Gasteiger partial charge < -0.3 is 19.8 Å². The fraction of sp³-hybridized carbons (Fsp3) is 0.200. The van der Waals surface area contributed by atoms with Crippen LogP contribution in [0.5, 0.6) is 5.75 Å². The van der Waals surface area contributed by atoms with E-state index in [2.05, 4.69) is 20.6 Å². The molecule has 0 bridgehead atoms. The number of oxazole rings is 1. The largest absolute Gasteiger partial charge is 0.492 e. The van der Waals surface area contributed by atoms with Crippen molar-refractivity contribution in [2.45, 2.75) is 6.54 Å². The molecule has 0 aliphatic carbocycles. The minimum absolute atomic E-state index is 0. The molecule has 6 nitrogen and oxygen atoms in total. The molecule has 0 fully saturated rings. The van der Waals surface area contributed by atoms with E-state index in [1.54, 1.807) is 25.4 Å². The van der Waals surface area contributed by atoms with Crippen LogP contribution in [0.4, 0.5) is 0 Å². The van der Waals surface area contributed by atoms with E-state index in [9.17, 15) is 0 Å². The molecule has 1 heterocycles. The van der Waals surface area contributed by atoms with E-state index >= 15 is 0 Å². The number of benzene rings is 2. The zero-order valence-electron chi connectivity index (χ0n) is 15.4. The van der Waals surface area contributed by atoms with E-state index in [1.165, 1.54) is 0 Å². The number of nitrogens with zero attached hydrogens (tertiary/aromatic N) is 2. The molecular formula is C20H22ClIN4O2. The molecule has 3 rings (SSSR count). The lowest BCUT2D eigenvalue weighted by Crippen LogP contribution is -2.38. The Labute approximate surface area is 186 Å². The van der Waals surface area contributed by atoms with E-state index in [4.69, 9.17) is 20.8 Å². The van der Waals surface area contributed by atoms with Gasteiger partial charge in [-0.3, -0.25) is 4.99 Å². The molecule has 2 N–H and O–H groups in total. The molecule has 0 saturated heterocycles. The molecule has 0 atom stereocenters. The van der Waals surface area contributed by atoms with E-state index in [1.807, 2.05) is 42.5 Å². The van der Waals surface area contributed by atoms with Gasteiger partial charge in [0.05, 0.1) is 18.8 Å². The van der Waals surface area contributed by atoms with Crippen LogP contribution < -0.4 is 15.4 Å². The highest BCUT2D eigenvalue weighted by molar-refractivity contribution is 14.0. The van der Waals surface area contributed by atoms with Crippen molar-refractivity contribution in [1.82, 2.24) is 15.6 Å². The topological polar surface area (TPSA) is 71.7 Å². The van der Waals surface area contributed by atoms with Crippen molar-refractivity contribution in [3.8, 4) is 17.2 Å². The fourth-order valence-electron chi connectivity index (χ4n) is 2.37. The molecule has 0 spiro atoms. The number of aliphatic imine (C=N–C) groups is 1. The minimum atomic E-state index is 0. The van der Waals surface area contributed by atoms with Crippen LogP contribution >= 0.6 is 35.6 Å². The zero-order valence-corrected chi connectivity index (χ0v) is 18.5. The minimum Gasteiger partial charge on any atom is -0.492 e. The summed E-state index contributed by atoms with van der Waals surface area (Å²) < 4.78 is 11.2. The summed E-state index contributed by atoms with van der Waals surface area (Å²) in [5, 5.41) is 7.08. The van der Waals surface area contributed by atoms with Gasteiger partial charge >= 0.3 is 0 Å². The first-order chi connectivity index (χ1) is 13.2. The SMILES string of the molecule is CN=C(NCCOc1ccc(Cl)cc1)NCc1coc(-c2ccccc2)n1.I. The van der Waals surface area contributed by atoms with Gasteiger partial charge in [0.25, 0.3) is 0 Å². The molecule has 8 heteroatoms. The van der Waals surface area contributed by atoms with Crippen LogP contribution in [0.1, 0.15) is 5.69 Å². The van der Waals surface area contributed by atoms with Gasteiger partial charge in [0.15, 0.2) is 5.96 Å². The third-order valence-corrected chi connectivity index (χ3v) is 3.96. The number of guanidine groups is 1. The summed E-state index contributed by atoms with van der Waals surface area (Å²) in [6.45, 7) is 1.62. The summed E-state index contributed by atoms with van der Waals surface area (Å²) in [6, 6.07) is 17.1. The van der Waals surface area contributed by atoms with Crippen LogP contribution in [0.2, 0.25) is 5.02 Å². The molecule has 1 aromatic heterocycles. The highest BCUT2D eigenvalue weighted by atomic mass is 127. The van der Waals surface area contributed by atoms with Gasteiger partial charge in [-0.2, -0.15) is 0 Å². The second kappa shape index (κ2) is 11.6. The maximum absolute atomic E-state index is 5.85. The Bertz CT molecular complexity index is 869. The summed E-state index contributed by atoms with van der Waals surface area (Å²) in [7, 11) is 1.72. The molecule has 0 unspecified atom stereocenters. The lowest BCUT2D eigenvalue weighted by Gasteiger charge is -2.11. The number of halogens is 2. The summed E-state index contributed by atoms with van der Waals surface area (Å²) in [4.78, 5) is 8.67. The highest BCUT2D eigenvalue weighted by Gasteiger charge is 2.07. The Balaban J connectivity index is 0.00000280. The van der Waals surface area contributed by atoms with Gasteiger partial charge in [-0.25, -0.2) is 4.98 Å². The Morgan fingerprint density at radius 1 is 1.11 bits per heavy atom. The Hall–Kier alpha value is -2.26. The van der Waals surface area contributed by atoms with Gasteiger partial charge in [0.2, 0.25) is 5.89 Å². The molecule has 3 aromatic rings. The van der Waals surface area contributed by atoms with E-state index in [0.717, 1.165) is 17.0 Å². The first-order valence-corrected chi connectivity index (χ1v) is 8.95. The fourth-order valence-corrected chi connectivity index (χ4v) is 2.49. The number of hydrogen-bond donors (Lipinski definition) is 2. The number of ether oxygens (including phenoxy) is 1. The predicted molar refractivity (Wildman–Crippen MR) is 123 cm³/mol. The average molecular weight is 513 g/mol. The Morgan fingerprint density at radius 2 is 1.86 bits per heavy atom. The lowest BCUT2D eigenvalue weighted by molar-refractivity contribution is 0.322. The van der Waals surface area contributed by atoms with Crippen LogP contribution in [0.25, 0.3) is 11.5 Å². The molecule has 148 valence electrons. The van der Waals surface area contributed by atoms with Crippen molar-refractivity contribution in [3.63, 3.8) is 0 Å². The first-order valence-electron chi connectivity index (χ1n) is 8.57. The Kier molecular flexibility index (Phi) is 9.09. The van der Waals surface area contributed by atoms with Crippen molar-refractivity contribution < 1.29 is 9.15 Å². The maximum atomic E-state index is 5.85. The molecule has 2 aromatic carbocycles. The molecule has 0 amide bonds. The molecule has 0 aliphatic heterocycles. The van der Waals surface area contributed by atoms with Gasteiger partial charge in [-0.05, 0) is 36.4 Å². The lowest BCUT2D eigenvalue weighted by atomic mass is 10.2. The van der Waals surface area contributed by atoms with Gasteiger partial charge in [0, 0.05) is 17.6 Å².